The van der Waals surface area contributed by atoms with Crippen LogP contribution in [0.4, 0.5) is 5.95 Å². The van der Waals surface area contributed by atoms with Gasteiger partial charge in [-0.2, -0.15) is 5.41 Å². The average Bonchev–Trinajstić information content (AvgIpc) is 2.65. The van der Waals surface area contributed by atoms with Gasteiger partial charge in [-0.3, -0.25) is 9.98 Å². The van der Waals surface area contributed by atoms with Crippen molar-refractivity contribution >= 4 is 34.5 Å². The molecule has 2 heterocycles. The van der Waals surface area contributed by atoms with Gasteiger partial charge in [0.2, 0.25) is 5.84 Å². The SMILES string of the molecule is CN=CC(=CN)c1cnc2ccc(CC(=N)[n+]3nccnc3N)cc2c1. The van der Waals surface area contributed by atoms with Crippen molar-refractivity contribution in [3.05, 3.63) is 60.2 Å². The van der Waals surface area contributed by atoms with Crippen LogP contribution >= 0.6 is 0 Å². The fourth-order valence-electron chi connectivity index (χ4n) is 2.60. The lowest BCUT2D eigenvalue weighted by molar-refractivity contribution is -0.612. The Bertz CT molecular complexity index is 1020. The molecule has 0 aliphatic carbocycles. The summed E-state index contributed by atoms with van der Waals surface area (Å²) in [5, 5.41) is 13.2. The summed E-state index contributed by atoms with van der Waals surface area (Å²) in [5.74, 6) is 0.415. The quantitative estimate of drug-likeness (QED) is 0.367. The predicted octanol–water partition coefficient (Wildman–Crippen LogP) is 0.963. The third-order valence-electron chi connectivity index (χ3n) is 3.83. The van der Waals surface area contributed by atoms with E-state index in [4.69, 9.17) is 16.9 Å². The molecular formula is C18H19N8+. The zero-order valence-corrected chi connectivity index (χ0v) is 14.3. The molecule has 0 unspecified atom stereocenters. The topological polar surface area (TPSA) is 131 Å². The van der Waals surface area contributed by atoms with Gasteiger partial charge >= 0.3 is 5.95 Å². The Hall–Kier alpha value is -3.68. The number of hydrogen-bond acceptors (Lipinski definition) is 7. The number of aromatic nitrogens is 4. The Morgan fingerprint density at radius 3 is 2.85 bits per heavy atom. The van der Waals surface area contributed by atoms with Crippen molar-refractivity contribution in [1.29, 1.82) is 5.41 Å². The maximum Gasteiger partial charge on any atom is 0.368 e. The van der Waals surface area contributed by atoms with Crippen molar-refractivity contribution in [2.75, 3.05) is 12.8 Å². The molecule has 8 heteroatoms. The number of nitrogens with zero attached hydrogens (tertiary/aromatic N) is 5. The third kappa shape index (κ3) is 3.54. The number of hydrogen-bond donors (Lipinski definition) is 3. The number of nitrogen functional groups attached to an aromatic ring is 1. The molecule has 3 rings (SSSR count). The van der Waals surface area contributed by atoms with Crippen LogP contribution in [0.1, 0.15) is 11.1 Å². The highest BCUT2D eigenvalue weighted by Crippen LogP contribution is 2.19. The number of aliphatic imine (C=N–C) groups is 1. The van der Waals surface area contributed by atoms with Crippen LogP contribution in [0.5, 0.6) is 0 Å². The van der Waals surface area contributed by atoms with E-state index in [0.29, 0.717) is 6.42 Å². The van der Waals surface area contributed by atoms with E-state index in [-0.39, 0.29) is 11.8 Å². The van der Waals surface area contributed by atoms with E-state index in [1.165, 1.54) is 23.3 Å². The molecule has 26 heavy (non-hydrogen) atoms. The van der Waals surface area contributed by atoms with Gasteiger partial charge in [0, 0.05) is 42.2 Å². The van der Waals surface area contributed by atoms with Crippen molar-refractivity contribution < 1.29 is 4.68 Å². The minimum Gasteiger partial charge on any atom is -0.404 e. The second-order valence-corrected chi connectivity index (χ2v) is 5.60. The zero-order valence-electron chi connectivity index (χ0n) is 14.3. The van der Waals surface area contributed by atoms with Gasteiger partial charge in [0.1, 0.15) is 6.20 Å². The summed E-state index contributed by atoms with van der Waals surface area (Å²) in [6.07, 6.45) is 8.31. The summed E-state index contributed by atoms with van der Waals surface area (Å²) in [6.45, 7) is 0. The number of fused-ring (bicyclic) bond motifs is 1. The molecule has 0 bridgehead atoms. The molecule has 0 amide bonds. The number of allylic oxidation sites excluding steroid dienone is 1. The van der Waals surface area contributed by atoms with E-state index < -0.39 is 0 Å². The number of rotatable bonds is 4. The fourth-order valence-corrected chi connectivity index (χ4v) is 2.60. The molecule has 5 N–H and O–H groups in total. The maximum atomic E-state index is 8.23. The smallest absolute Gasteiger partial charge is 0.368 e. The van der Waals surface area contributed by atoms with E-state index in [1.807, 2.05) is 24.3 Å². The van der Waals surface area contributed by atoms with Gasteiger partial charge in [0.25, 0.3) is 0 Å². The number of nitrogens with two attached hydrogens (primary N) is 2. The summed E-state index contributed by atoms with van der Waals surface area (Å²) < 4.78 is 1.31. The maximum absolute atomic E-state index is 8.23. The Labute approximate surface area is 150 Å². The van der Waals surface area contributed by atoms with Crippen LogP contribution in [-0.2, 0) is 6.42 Å². The van der Waals surface area contributed by atoms with Gasteiger partial charge in [0.05, 0.1) is 18.1 Å². The van der Waals surface area contributed by atoms with Crippen molar-refractivity contribution in [3.8, 4) is 0 Å². The summed E-state index contributed by atoms with van der Waals surface area (Å²) in [6, 6.07) is 7.85. The molecule has 1 aromatic carbocycles. The van der Waals surface area contributed by atoms with Crippen LogP contribution in [0.3, 0.4) is 0 Å². The van der Waals surface area contributed by atoms with E-state index in [9.17, 15) is 0 Å². The van der Waals surface area contributed by atoms with Crippen molar-refractivity contribution in [1.82, 2.24) is 15.1 Å². The molecule has 0 aliphatic rings. The second-order valence-electron chi connectivity index (χ2n) is 5.60. The molecule has 8 nitrogen and oxygen atoms in total. The number of benzene rings is 1. The molecule has 3 aromatic rings. The van der Waals surface area contributed by atoms with Gasteiger partial charge in [-0.05, 0) is 23.8 Å². The van der Waals surface area contributed by atoms with E-state index in [2.05, 4.69) is 20.1 Å². The lowest BCUT2D eigenvalue weighted by atomic mass is 10.0. The molecule has 0 aliphatic heterocycles. The first kappa shape index (κ1) is 17.2. The fraction of sp³-hybridized carbons (Fsp3) is 0.111. The van der Waals surface area contributed by atoms with Crippen LogP contribution in [-0.4, -0.2) is 34.2 Å². The first-order chi connectivity index (χ1) is 12.6. The minimum absolute atomic E-state index is 0.179. The van der Waals surface area contributed by atoms with Crippen LogP contribution in [0.25, 0.3) is 16.5 Å². The second kappa shape index (κ2) is 7.47. The zero-order chi connectivity index (χ0) is 18.5. The first-order valence-corrected chi connectivity index (χ1v) is 7.92. The molecule has 0 atom stereocenters. The van der Waals surface area contributed by atoms with E-state index in [0.717, 1.165) is 27.6 Å². The average molecular weight is 347 g/mol. The first-order valence-electron chi connectivity index (χ1n) is 7.92. The van der Waals surface area contributed by atoms with Crippen LogP contribution in [0.2, 0.25) is 0 Å². The molecule has 0 saturated carbocycles. The highest BCUT2D eigenvalue weighted by molar-refractivity contribution is 6.10. The molecule has 0 spiro atoms. The Balaban J connectivity index is 1.93. The van der Waals surface area contributed by atoms with Crippen LogP contribution < -0.4 is 16.1 Å². The molecule has 0 saturated heterocycles. The lowest BCUT2D eigenvalue weighted by Crippen LogP contribution is -2.49. The monoisotopic (exact) mass is 347 g/mol. The van der Waals surface area contributed by atoms with Crippen molar-refractivity contribution in [3.63, 3.8) is 0 Å². The standard InChI is InChI=1S/C18H18N8/c1-22-10-15(9-19)14-8-13-6-12(2-3-16(13)24-11-14)7-17(20)26-18(21)23-4-5-25-26/h2-6,8-11,20-21H,7H2,1H3,(H2,19,22)/p+1. The highest BCUT2D eigenvalue weighted by atomic mass is 15.3. The van der Waals surface area contributed by atoms with Gasteiger partial charge in [-0.1, -0.05) is 6.07 Å². The molecule has 0 radical (unpaired) electrons. The van der Waals surface area contributed by atoms with Crippen molar-refractivity contribution in [2.45, 2.75) is 6.42 Å². The van der Waals surface area contributed by atoms with E-state index >= 15 is 0 Å². The largest absolute Gasteiger partial charge is 0.404 e. The molecule has 130 valence electrons. The summed E-state index contributed by atoms with van der Waals surface area (Å²) >= 11 is 0. The van der Waals surface area contributed by atoms with Crippen molar-refractivity contribution in [2.24, 2.45) is 10.7 Å². The van der Waals surface area contributed by atoms with Crippen LogP contribution in [0, 0.1) is 5.41 Å². The van der Waals surface area contributed by atoms with Gasteiger partial charge in [-0.25, -0.2) is 0 Å². The van der Waals surface area contributed by atoms with Gasteiger partial charge in [0.15, 0.2) is 0 Å². The molecule has 0 fully saturated rings. The normalized spacial score (nSPS) is 12.0. The van der Waals surface area contributed by atoms with Gasteiger partial charge < -0.3 is 11.5 Å². The van der Waals surface area contributed by atoms with E-state index in [1.54, 1.807) is 19.5 Å². The Morgan fingerprint density at radius 1 is 1.27 bits per heavy atom. The molecule has 2 aromatic heterocycles. The van der Waals surface area contributed by atoms with Crippen LogP contribution in [0.15, 0.2) is 54.0 Å². The Morgan fingerprint density at radius 2 is 2.12 bits per heavy atom. The molecular weight excluding hydrogens is 328 g/mol. The predicted molar refractivity (Wildman–Crippen MR) is 102 cm³/mol. The summed E-state index contributed by atoms with van der Waals surface area (Å²) in [5.41, 5.74) is 14.9. The number of pyridine rings is 1. The lowest BCUT2D eigenvalue weighted by Gasteiger charge is -2.06. The third-order valence-corrected chi connectivity index (χ3v) is 3.83. The summed E-state index contributed by atoms with van der Waals surface area (Å²) in [7, 11) is 1.69. The summed E-state index contributed by atoms with van der Waals surface area (Å²) in [4.78, 5) is 12.4. The number of nitrogens with one attached hydrogen (secondary N) is 1. The minimum atomic E-state index is 0.179. The highest BCUT2D eigenvalue weighted by Gasteiger charge is 2.13. The Kier molecular flexibility index (Phi) is 4.93. The number of anilines is 1. The van der Waals surface area contributed by atoms with Gasteiger partial charge in [-0.15, -0.1) is 14.8 Å².